The van der Waals surface area contributed by atoms with E-state index in [0.29, 0.717) is 35.0 Å². The Balaban J connectivity index is 1.82. The number of fused-ring (bicyclic) bond motifs is 1. The summed E-state index contributed by atoms with van der Waals surface area (Å²) in [5.41, 5.74) is 9.98. The third kappa shape index (κ3) is 3.44. The molecule has 8 nitrogen and oxygen atoms in total. The molecule has 0 radical (unpaired) electrons. The number of aromatic nitrogens is 3. The number of methoxy groups -OCH3 is 2. The van der Waals surface area contributed by atoms with Crippen LogP contribution in [0.15, 0.2) is 36.4 Å². The number of carbonyl (C=O) groups is 1. The van der Waals surface area contributed by atoms with Gasteiger partial charge in [0, 0.05) is 18.1 Å². The number of nitrogens with two attached hydrogens (primary N) is 1. The molecule has 8 heteroatoms. The number of carbonyl (C=O) groups excluding carboxylic acids is 1. The second-order valence-electron chi connectivity index (χ2n) is 6.74. The van der Waals surface area contributed by atoms with Gasteiger partial charge in [0.25, 0.3) is 5.91 Å². The quantitative estimate of drug-likeness (QED) is 0.702. The van der Waals surface area contributed by atoms with Crippen molar-refractivity contribution in [1.82, 2.24) is 20.3 Å². The van der Waals surface area contributed by atoms with Crippen molar-refractivity contribution in [2.24, 2.45) is 0 Å². The zero-order valence-electron chi connectivity index (χ0n) is 16.4. The molecule has 0 spiro atoms. The van der Waals surface area contributed by atoms with Gasteiger partial charge in [0.15, 0.2) is 0 Å². The average molecular weight is 391 g/mol. The van der Waals surface area contributed by atoms with Crippen molar-refractivity contribution < 1.29 is 14.3 Å². The minimum atomic E-state index is -0.294. The van der Waals surface area contributed by atoms with Crippen LogP contribution in [0.3, 0.4) is 0 Å². The minimum absolute atomic E-state index is 0.166. The van der Waals surface area contributed by atoms with Gasteiger partial charge in [-0.25, -0.2) is 15.0 Å². The number of ether oxygens (including phenoxy) is 2. The van der Waals surface area contributed by atoms with E-state index in [1.54, 1.807) is 27.2 Å². The highest BCUT2D eigenvalue weighted by Crippen LogP contribution is 2.35. The fraction of sp³-hybridized carbons (Fsp3) is 0.238. The Bertz CT molecular complexity index is 1100. The number of nitrogens with zero attached hydrogens (tertiary/aromatic N) is 3. The lowest BCUT2D eigenvalue weighted by atomic mass is 9.90. The molecule has 148 valence electrons. The zero-order chi connectivity index (χ0) is 20.5. The highest BCUT2D eigenvalue weighted by molar-refractivity contribution is 5.98. The van der Waals surface area contributed by atoms with E-state index in [1.807, 2.05) is 30.3 Å². The highest BCUT2D eigenvalue weighted by Gasteiger charge is 2.30. The maximum atomic E-state index is 12.8. The fourth-order valence-electron chi connectivity index (χ4n) is 3.63. The molecule has 0 saturated carbocycles. The van der Waals surface area contributed by atoms with Crippen LogP contribution < -0.4 is 20.5 Å². The Morgan fingerprint density at radius 3 is 2.69 bits per heavy atom. The first-order valence-electron chi connectivity index (χ1n) is 9.13. The predicted molar refractivity (Wildman–Crippen MR) is 108 cm³/mol. The Kier molecular flexibility index (Phi) is 4.75. The largest absolute Gasteiger partial charge is 0.497 e. The topological polar surface area (TPSA) is 112 Å². The van der Waals surface area contributed by atoms with Gasteiger partial charge in [-0.15, -0.1) is 0 Å². The van der Waals surface area contributed by atoms with Crippen molar-refractivity contribution >= 4 is 11.9 Å². The van der Waals surface area contributed by atoms with E-state index in [1.165, 1.54) is 0 Å². The summed E-state index contributed by atoms with van der Waals surface area (Å²) in [6, 6.07) is 10.9. The monoisotopic (exact) mass is 391 g/mol. The van der Waals surface area contributed by atoms with Gasteiger partial charge in [-0.3, -0.25) is 4.79 Å². The molecular weight excluding hydrogens is 370 g/mol. The Morgan fingerprint density at radius 2 is 1.93 bits per heavy atom. The second-order valence-corrected chi connectivity index (χ2v) is 6.74. The van der Waals surface area contributed by atoms with Crippen molar-refractivity contribution in [3.8, 4) is 22.9 Å². The third-order valence-electron chi connectivity index (χ3n) is 4.96. The van der Waals surface area contributed by atoms with Gasteiger partial charge in [0.05, 0.1) is 42.9 Å². The molecule has 0 saturated heterocycles. The van der Waals surface area contributed by atoms with Crippen LogP contribution in [-0.4, -0.2) is 35.1 Å². The first-order chi connectivity index (χ1) is 14.0. The van der Waals surface area contributed by atoms with Crippen molar-refractivity contribution in [2.45, 2.75) is 19.4 Å². The Labute approximate surface area is 168 Å². The number of nitrogens with one attached hydrogen (secondary N) is 1. The number of hydrogen-bond donors (Lipinski definition) is 2. The summed E-state index contributed by atoms with van der Waals surface area (Å²) >= 11 is 0. The van der Waals surface area contributed by atoms with E-state index in [9.17, 15) is 4.79 Å². The van der Waals surface area contributed by atoms with Crippen LogP contribution in [-0.2, 0) is 6.42 Å². The van der Waals surface area contributed by atoms with E-state index in [2.05, 4.69) is 20.3 Å². The minimum Gasteiger partial charge on any atom is -0.497 e. The van der Waals surface area contributed by atoms with Gasteiger partial charge < -0.3 is 20.5 Å². The molecule has 1 aromatic carbocycles. The molecule has 2 aromatic heterocycles. The number of anilines is 1. The van der Waals surface area contributed by atoms with Gasteiger partial charge >= 0.3 is 0 Å². The van der Waals surface area contributed by atoms with E-state index < -0.39 is 0 Å². The van der Waals surface area contributed by atoms with Crippen molar-refractivity contribution in [3.05, 3.63) is 58.9 Å². The predicted octanol–water partition coefficient (Wildman–Crippen LogP) is 2.47. The molecule has 1 atom stereocenters. The van der Waals surface area contributed by atoms with Gasteiger partial charge in [0.2, 0.25) is 11.8 Å². The molecular formula is C21H21N5O3. The van der Waals surface area contributed by atoms with Crippen molar-refractivity contribution in [2.75, 3.05) is 20.0 Å². The van der Waals surface area contributed by atoms with Crippen LogP contribution in [0.25, 0.3) is 11.3 Å². The Hall–Kier alpha value is -3.68. The number of rotatable bonds is 4. The van der Waals surface area contributed by atoms with Crippen LogP contribution >= 0.6 is 0 Å². The van der Waals surface area contributed by atoms with Gasteiger partial charge in [-0.1, -0.05) is 12.1 Å². The Morgan fingerprint density at radius 1 is 1.10 bits per heavy atom. The molecule has 3 aromatic rings. The molecule has 0 unspecified atom stereocenters. The van der Waals surface area contributed by atoms with E-state index in [0.717, 1.165) is 16.8 Å². The number of nitrogen functional groups attached to an aromatic ring is 1. The molecule has 3 N–H and O–H groups in total. The molecule has 0 bridgehead atoms. The third-order valence-corrected chi connectivity index (χ3v) is 4.96. The molecule has 3 heterocycles. The lowest BCUT2D eigenvalue weighted by Crippen LogP contribution is -2.37. The summed E-state index contributed by atoms with van der Waals surface area (Å²) in [6.45, 7) is 1.76. The zero-order valence-corrected chi connectivity index (χ0v) is 16.4. The van der Waals surface area contributed by atoms with Crippen LogP contribution in [0.4, 0.5) is 5.95 Å². The maximum absolute atomic E-state index is 12.8. The number of pyridine rings is 1. The maximum Gasteiger partial charge on any atom is 0.255 e. The molecule has 1 aliphatic heterocycles. The summed E-state index contributed by atoms with van der Waals surface area (Å²) in [4.78, 5) is 25.7. The SMILES string of the molecule is COc1ccc([C@H]2Cc3nc(N)nc(C)c3C(=O)N2)c(-c2cccc(OC)n2)c1. The highest BCUT2D eigenvalue weighted by atomic mass is 16.5. The fourth-order valence-corrected chi connectivity index (χ4v) is 3.63. The molecule has 4 rings (SSSR count). The summed E-state index contributed by atoms with van der Waals surface area (Å²) in [6.07, 6.45) is 0.498. The summed E-state index contributed by atoms with van der Waals surface area (Å²) in [5.74, 6) is 1.15. The summed E-state index contributed by atoms with van der Waals surface area (Å²) in [7, 11) is 3.18. The first kappa shape index (κ1) is 18.7. The van der Waals surface area contributed by atoms with Crippen LogP contribution in [0.2, 0.25) is 0 Å². The molecule has 0 aliphatic carbocycles. The second kappa shape index (κ2) is 7.38. The summed E-state index contributed by atoms with van der Waals surface area (Å²) < 4.78 is 10.7. The van der Waals surface area contributed by atoms with E-state index in [4.69, 9.17) is 15.2 Å². The van der Waals surface area contributed by atoms with Gasteiger partial charge in [-0.2, -0.15) is 0 Å². The number of benzene rings is 1. The average Bonchev–Trinajstić information content (AvgIpc) is 2.72. The molecule has 0 fully saturated rings. The van der Waals surface area contributed by atoms with Crippen molar-refractivity contribution in [3.63, 3.8) is 0 Å². The van der Waals surface area contributed by atoms with E-state index >= 15 is 0 Å². The van der Waals surface area contributed by atoms with Crippen molar-refractivity contribution in [1.29, 1.82) is 0 Å². The summed E-state index contributed by atoms with van der Waals surface area (Å²) in [5, 5.41) is 3.07. The number of amides is 1. The molecule has 1 amide bonds. The van der Waals surface area contributed by atoms with E-state index in [-0.39, 0.29) is 17.9 Å². The first-order valence-corrected chi connectivity index (χ1v) is 9.13. The lowest BCUT2D eigenvalue weighted by Gasteiger charge is -2.28. The van der Waals surface area contributed by atoms with Crippen LogP contribution in [0.5, 0.6) is 11.6 Å². The smallest absolute Gasteiger partial charge is 0.255 e. The number of aryl methyl sites for hydroxylation is 1. The van der Waals surface area contributed by atoms with Gasteiger partial charge in [0.1, 0.15) is 5.75 Å². The lowest BCUT2D eigenvalue weighted by molar-refractivity contribution is 0.0922. The normalized spacial score (nSPS) is 15.4. The standard InChI is InChI=1S/C21H21N5O3/c1-11-19-17(26-21(22)23-11)10-16(25-20(19)27)13-8-7-12(28-2)9-14(13)15-5-4-6-18(24-15)29-3/h4-9,16H,10H2,1-3H3,(H,25,27)(H2,22,23,26)/t16-/m1/s1. The molecule has 29 heavy (non-hydrogen) atoms. The molecule has 1 aliphatic rings. The van der Waals surface area contributed by atoms with Crippen LogP contribution in [0.1, 0.15) is 33.4 Å². The van der Waals surface area contributed by atoms with Gasteiger partial charge in [-0.05, 0) is 30.7 Å². The van der Waals surface area contributed by atoms with Crippen LogP contribution in [0, 0.1) is 6.92 Å². The number of hydrogen-bond acceptors (Lipinski definition) is 7.